The maximum absolute atomic E-state index is 13.0. The Kier molecular flexibility index (Phi) is 5.72. The van der Waals surface area contributed by atoms with E-state index in [9.17, 15) is 9.59 Å². The van der Waals surface area contributed by atoms with Crippen molar-refractivity contribution in [3.63, 3.8) is 0 Å². The van der Waals surface area contributed by atoms with Crippen LogP contribution in [0.1, 0.15) is 21.9 Å². The molecule has 2 aromatic carbocycles. The molecule has 1 fully saturated rings. The molecule has 0 N–H and O–H groups in total. The Morgan fingerprint density at radius 2 is 1.79 bits per heavy atom. The van der Waals surface area contributed by atoms with Gasteiger partial charge in [-0.05, 0) is 48.9 Å². The molecule has 0 unspecified atom stereocenters. The quantitative estimate of drug-likeness (QED) is 0.579. The molecule has 170 valence electrons. The fraction of sp³-hybridized carbons (Fsp3) is 0.280. The third-order valence-electron chi connectivity index (χ3n) is 6.00. The molecular weight excluding hydrogens is 442 g/mol. The van der Waals surface area contributed by atoms with E-state index >= 15 is 0 Å². The van der Waals surface area contributed by atoms with Crippen molar-refractivity contribution < 1.29 is 18.7 Å². The van der Waals surface area contributed by atoms with Crippen LogP contribution in [0.25, 0.3) is 0 Å². The lowest BCUT2D eigenvalue weighted by atomic mass is 10.1. The van der Waals surface area contributed by atoms with Crippen LogP contribution in [0.4, 0.5) is 11.4 Å². The number of aryl methyl sites for hydroxylation is 1. The summed E-state index contributed by atoms with van der Waals surface area (Å²) in [6, 6.07) is 16.9. The van der Waals surface area contributed by atoms with Crippen molar-refractivity contribution in [2.75, 3.05) is 42.6 Å². The van der Waals surface area contributed by atoms with E-state index in [1.165, 1.54) is 0 Å². The highest BCUT2D eigenvalue weighted by Gasteiger charge is 2.28. The van der Waals surface area contributed by atoms with Gasteiger partial charge in [0.2, 0.25) is 0 Å². The molecule has 0 atom stereocenters. The molecule has 2 aliphatic rings. The van der Waals surface area contributed by atoms with Gasteiger partial charge in [-0.2, -0.15) is 0 Å². The van der Waals surface area contributed by atoms with E-state index in [0.29, 0.717) is 48.4 Å². The fourth-order valence-electron chi connectivity index (χ4n) is 4.23. The predicted molar refractivity (Wildman–Crippen MR) is 126 cm³/mol. The normalized spacial score (nSPS) is 15.9. The lowest BCUT2D eigenvalue weighted by Gasteiger charge is -2.36. The second-order valence-corrected chi connectivity index (χ2v) is 8.64. The van der Waals surface area contributed by atoms with Crippen molar-refractivity contribution in [1.82, 2.24) is 4.90 Å². The van der Waals surface area contributed by atoms with E-state index in [1.807, 2.05) is 49.4 Å². The molecule has 3 aromatic rings. The summed E-state index contributed by atoms with van der Waals surface area (Å²) in [5.41, 5.74) is 2.73. The first kappa shape index (κ1) is 21.4. The molecule has 3 heterocycles. The average molecular weight is 466 g/mol. The molecule has 8 heteroatoms. The number of carbonyl (C=O) groups excluding carboxylic acids is 2. The van der Waals surface area contributed by atoms with Crippen LogP contribution in [0.5, 0.6) is 5.75 Å². The Morgan fingerprint density at radius 3 is 2.58 bits per heavy atom. The summed E-state index contributed by atoms with van der Waals surface area (Å²) in [6.45, 7) is 4.74. The summed E-state index contributed by atoms with van der Waals surface area (Å²) < 4.78 is 11.4. The van der Waals surface area contributed by atoms with Crippen LogP contribution in [0.15, 0.2) is 59.0 Å². The number of benzene rings is 2. The van der Waals surface area contributed by atoms with Gasteiger partial charge in [-0.3, -0.25) is 14.5 Å². The Morgan fingerprint density at radius 1 is 1.00 bits per heavy atom. The highest BCUT2D eigenvalue weighted by atomic mass is 35.5. The minimum absolute atomic E-state index is 0.0156. The third-order valence-corrected chi connectivity index (χ3v) is 6.32. The van der Waals surface area contributed by atoms with Gasteiger partial charge in [0, 0.05) is 26.2 Å². The Labute approximate surface area is 197 Å². The van der Waals surface area contributed by atoms with Crippen LogP contribution in [-0.4, -0.2) is 49.5 Å². The molecule has 7 nitrogen and oxygen atoms in total. The van der Waals surface area contributed by atoms with Crippen molar-refractivity contribution in [1.29, 1.82) is 0 Å². The van der Waals surface area contributed by atoms with Gasteiger partial charge in [0.1, 0.15) is 11.5 Å². The molecule has 1 aromatic heterocycles. The number of furan rings is 1. The molecule has 2 aliphatic heterocycles. The van der Waals surface area contributed by atoms with E-state index in [0.717, 1.165) is 11.3 Å². The number of halogens is 1. The third kappa shape index (κ3) is 4.28. The van der Waals surface area contributed by atoms with Crippen LogP contribution >= 0.6 is 11.6 Å². The van der Waals surface area contributed by atoms with Gasteiger partial charge in [-0.1, -0.05) is 29.8 Å². The zero-order chi connectivity index (χ0) is 22.9. The molecule has 0 saturated carbocycles. The van der Waals surface area contributed by atoms with E-state index in [-0.39, 0.29) is 30.7 Å². The molecule has 0 aliphatic carbocycles. The van der Waals surface area contributed by atoms with Crippen molar-refractivity contribution >= 4 is 34.8 Å². The number of fused-ring (bicyclic) bond motifs is 1. The van der Waals surface area contributed by atoms with Gasteiger partial charge < -0.3 is 19.0 Å². The fourth-order valence-corrected chi connectivity index (χ4v) is 4.49. The largest absolute Gasteiger partial charge is 0.482 e. The molecule has 0 spiro atoms. The topological polar surface area (TPSA) is 66.2 Å². The van der Waals surface area contributed by atoms with E-state index in [1.54, 1.807) is 21.9 Å². The first-order valence-electron chi connectivity index (χ1n) is 10.9. The van der Waals surface area contributed by atoms with Gasteiger partial charge in [0.05, 0.1) is 22.9 Å². The smallest absolute Gasteiger partial charge is 0.289 e. The van der Waals surface area contributed by atoms with Crippen LogP contribution < -0.4 is 14.5 Å². The second kappa shape index (κ2) is 8.83. The number of amides is 2. The zero-order valence-corrected chi connectivity index (χ0v) is 19.0. The van der Waals surface area contributed by atoms with Gasteiger partial charge >= 0.3 is 0 Å². The zero-order valence-electron chi connectivity index (χ0n) is 18.3. The van der Waals surface area contributed by atoms with Crippen molar-refractivity contribution in [3.05, 3.63) is 76.7 Å². The molecule has 0 bridgehead atoms. The van der Waals surface area contributed by atoms with Crippen molar-refractivity contribution in [3.8, 4) is 5.75 Å². The summed E-state index contributed by atoms with van der Waals surface area (Å²) in [6.07, 6.45) is 0. The van der Waals surface area contributed by atoms with E-state index in [4.69, 9.17) is 20.8 Å². The highest BCUT2D eigenvalue weighted by molar-refractivity contribution is 6.33. The number of nitrogens with zero attached hydrogens (tertiary/aromatic N) is 3. The van der Waals surface area contributed by atoms with Crippen LogP contribution in [0, 0.1) is 6.92 Å². The summed E-state index contributed by atoms with van der Waals surface area (Å²) >= 11 is 6.31. The van der Waals surface area contributed by atoms with Crippen LogP contribution in [0.2, 0.25) is 5.02 Å². The number of carbonyl (C=O) groups is 2. The van der Waals surface area contributed by atoms with Crippen LogP contribution in [0.3, 0.4) is 0 Å². The Balaban J connectivity index is 1.25. The first-order chi connectivity index (χ1) is 16.0. The van der Waals surface area contributed by atoms with Gasteiger partial charge in [0.15, 0.2) is 12.4 Å². The SMILES string of the molecule is Cc1ccc2c(c1)N(Cc1ccc(C(=O)N3CCN(c4ccccc4Cl)CC3)o1)C(=O)CO2. The number of hydrogen-bond donors (Lipinski definition) is 0. The standard InChI is InChI=1S/C25H24ClN3O4/c1-17-6-8-22-21(14-17)29(24(30)16-32-22)15-18-7-9-23(33-18)25(31)28-12-10-27(11-13-28)20-5-3-2-4-19(20)26/h2-9,14H,10-13,15-16H2,1H3. The number of hydrogen-bond acceptors (Lipinski definition) is 5. The second-order valence-electron chi connectivity index (χ2n) is 8.24. The first-order valence-corrected chi connectivity index (χ1v) is 11.3. The number of para-hydroxylation sites is 1. The lowest BCUT2D eigenvalue weighted by molar-refractivity contribution is -0.121. The molecular formula is C25H24ClN3O4. The lowest BCUT2D eigenvalue weighted by Crippen LogP contribution is -2.48. The van der Waals surface area contributed by atoms with Crippen LogP contribution in [-0.2, 0) is 11.3 Å². The van der Waals surface area contributed by atoms with Crippen molar-refractivity contribution in [2.24, 2.45) is 0 Å². The molecule has 2 amide bonds. The molecule has 1 saturated heterocycles. The summed E-state index contributed by atoms with van der Waals surface area (Å²) in [4.78, 5) is 31.1. The minimum atomic E-state index is -0.149. The van der Waals surface area contributed by atoms with E-state index in [2.05, 4.69) is 4.90 Å². The molecule has 33 heavy (non-hydrogen) atoms. The summed E-state index contributed by atoms with van der Waals surface area (Å²) in [5, 5.41) is 0.711. The monoisotopic (exact) mass is 465 g/mol. The van der Waals surface area contributed by atoms with Gasteiger partial charge in [-0.25, -0.2) is 0 Å². The average Bonchev–Trinajstić information content (AvgIpc) is 3.30. The number of rotatable bonds is 4. The van der Waals surface area contributed by atoms with Crippen molar-refractivity contribution in [2.45, 2.75) is 13.5 Å². The number of anilines is 2. The maximum Gasteiger partial charge on any atom is 0.289 e. The highest BCUT2D eigenvalue weighted by Crippen LogP contribution is 2.34. The number of piperazine rings is 1. The Bertz CT molecular complexity index is 1200. The van der Waals surface area contributed by atoms with Gasteiger partial charge in [-0.15, -0.1) is 0 Å². The van der Waals surface area contributed by atoms with Gasteiger partial charge in [0.25, 0.3) is 11.8 Å². The Hall–Kier alpha value is -3.45. The summed E-state index contributed by atoms with van der Waals surface area (Å²) in [5.74, 6) is 1.20. The molecule has 5 rings (SSSR count). The van der Waals surface area contributed by atoms with E-state index < -0.39 is 0 Å². The summed E-state index contributed by atoms with van der Waals surface area (Å²) in [7, 11) is 0. The number of ether oxygens (including phenoxy) is 1. The maximum atomic E-state index is 13.0. The molecule has 0 radical (unpaired) electrons. The predicted octanol–water partition coefficient (Wildman–Crippen LogP) is 4.13. The minimum Gasteiger partial charge on any atom is -0.482 e.